The van der Waals surface area contributed by atoms with E-state index < -0.39 is 0 Å². The Labute approximate surface area is 161 Å². The summed E-state index contributed by atoms with van der Waals surface area (Å²) in [5.41, 5.74) is 1.67. The van der Waals surface area contributed by atoms with E-state index in [9.17, 15) is 4.79 Å². The Morgan fingerprint density at radius 3 is 2.65 bits per heavy atom. The maximum absolute atomic E-state index is 11.1. The van der Waals surface area contributed by atoms with Crippen molar-refractivity contribution in [2.24, 2.45) is 11.8 Å². The number of fused-ring (bicyclic) bond motifs is 2. The van der Waals surface area contributed by atoms with Crippen LogP contribution in [0.5, 0.6) is 0 Å². The second-order valence-corrected chi connectivity index (χ2v) is 9.59. The molecule has 1 amide bonds. The first kappa shape index (κ1) is 20.4. The van der Waals surface area contributed by atoms with Gasteiger partial charge in [0.1, 0.15) is 0 Å². The Bertz CT molecular complexity index is 444. The van der Waals surface area contributed by atoms with Gasteiger partial charge in [-0.25, -0.2) is 5.48 Å². The summed E-state index contributed by atoms with van der Waals surface area (Å²) >= 11 is 2.20. The molecule has 0 aromatic rings. The molecule has 0 aromatic carbocycles. The van der Waals surface area contributed by atoms with Crippen molar-refractivity contribution in [2.45, 2.75) is 94.7 Å². The fourth-order valence-corrected chi connectivity index (χ4v) is 6.48. The quantitative estimate of drug-likeness (QED) is 0.441. The van der Waals surface area contributed by atoms with E-state index in [4.69, 9.17) is 14.7 Å². The first-order valence-corrected chi connectivity index (χ1v) is 11.5. The van der Waals surface area contributed by atoms with E-state index in [0.29, 0.717) is 36.9 Å². The third kappa shape index (κ3) is 5.60. The van der Waals surface area contributed by atoms with Gasteiger partial charge in [0.25, 0.3) is 0 Å². The molecule has 3 aliphatic rings. The number of carbonyl (C=O) groups is 1. The molecule has 2 heterocycles. The second kappa shape index (κ2) is 10.3. The van der Waals surface area contributed by atoms with Crippen LogP contribution in [0.3, 0.4) is 0 Å². The fourth-order valence-electron chi connectivity index (χ4n) is 4.86. The van der Waals surface area contributed by atoms with Gasteiger partial charge in [-0.15, -0.1) is 0 Å². The molecule has 3 fully saturated rings. The number of hydroxylamine groups is 1. The molecule has 0 radical (unpaired) electrons. The standard InChI is InChI=1S/C20H35NO4S/c1-14(7-10-20(22)21-23)24-12-11-16-17(19-9-8-18(16)25-19)13-26-15-5-3-2-4-6-15/h14-19,23H,2-13H2,1H3,(H,21,22). The van der Waals surface area contributed by atoms with Crippen molar-refractivity contribution in [1.29, 1.82) is 0 Å². The summed E-state index contributed by atoms with van der Waals surface area (Å²) in [6.07, 6.45) is 12.5. The molecule has 3 rings (SSSR count). The van der Waals surface area contributed by atoms with E-state index in [1.807, 2.05) is 6.92 Å². The Morgan fingerprint density at radius 1 is 1.19 bits per heavy atom. The summed E-state index contributed by atoms with van der Waals surface area (Å²) in [4.78, 5) is 11.1. The van der Waals surface area contributed by atoms with Crippen LogP contribution in [0, 0.1) is 11.8 Å². The van der Waals surface area contributed by atoms with Crippen molar-refractivity contribution in [2.75, 3.05) is 12.4 Å². The number of nitrogens with one attached hydrogen (secondary N) is 1. The maximum atomic E-state index is 11.1. The van der Waals surface area contributed by atoms with Crippen LogP contribution in [-0.4, -0.2) is 47.0 Å². The average molecular weight is 386 g/mol. The average Bonchev–Trinajstić information content (AvgIpc) is 3.27. The molecule has 5 unspecified atom stereocenters. The molecular weight excluding hydrogens is 350 g/mol. The van der Waals surface area contributed by atoms with E-state index in [1.165, 1.54) is 50.7 Å². The summed E-state index contributed by atoms with van der Waals surface area (Å²) in [7, 11) is 0. The minimum Gasteiger partial charge on any atom is -0.378 e. The topological polar surface area (TPSA) is 67.8 Å². The van der Waals surface area contributed by atoms with Crippen molar-refractivity contribution in [1.82, 2.24) is 5.48 Å². The van der Waals surface area contributed by atoms with Gasteiger partial charge >= 0.3 is 0 Å². The Balaban J connectivity index is 1.38. The number of ether oxygens (including phenoxy) is 2. The van der Waals surface area contributed by atoms with Gasteiger partial charge in [-0.05, 0) is 63.0 Å². The van der Waals surface area contributed by atoms with Gasteiger partial charge < -0.3 is 9.47 Å². The summed E-state index contributed by atoms with van der Waals surface area (Å²) in [5.74, 6) is 2.24. The third-order valence-corrected chi connectivity index (χ3v) is 7.94. The normalized spacial score (nSPS) is 32.7. The zero-order valence-electron chi connectivity index (χ0n) is 16.0. The largest absolute Gasteiger partial charge is 0.378 e. The number of carbonyl (C=O) groups excluding carboxylic acids is 1. The van der Waals surface area contributed by atoms with Crippen molar-refractivity contribution >= 4 is 17.7 Å². The molecule has 6 heteroatoms. The van der Waals surface area contributed by atoms with Gasteiger partial charge in [0.2, 0.25) is 5.91 Å². The molecule has 2 aliphatic heterocycles. The maximum Gasteiger partial charge on any atom is 0.243 e. The van der Waals surface area contributed by atoms with E-state index in [2.05, 4.69) is 11.8 Å². The van der Waals surface area contributed by atoms with Gasteiger partial charge in [-0.1, -0.05) is 19.3 Å². The summed E-state index contributed by atoms with van der Waals surface area (Å²) < 4.78 is 12.2. The molecular formula is C20H35NO4S. The highest BCUT2D eigenvalue weighted by atomic mass is 32.2. The third-order valence-electron chi connectivity index (χ3n) is 6.42. The lowest BCUT2D eigenvalue weighted by Crippen LogP contribution is -2.31. The minimum atomic E-state index is -0.346. The summed E-state index contributed by atoms with van der Waals surface area (Å²) in [6, 6.07) is 0. The van der Waals surface area contributed by atoms with Gasteiger partial charge in [-0.3, -0.25) is 10.0 Å². The van der Waals surface area contributed by atoms with Crippen LogP contribution in [0.4, 0.5) is 0 Å². The van der Waals surface area contributed by atoms with Crippen molar-refractivity contribution in [3.8, 4) is 0 Å². The number of hydrogen-bond acceptors (Lipinski definition) is 5. The second-order valence-electron chi connectivity index (χ2n) is 8.26. The summed E-state index contributed by atoms with van der Waals surface area (Å²) in [6.45, 7) is 2.74. The Kier molecular flexibility index (Phi) is 8.10. The van der Waals surface area contributed by atoms with E-state index >= 15 is 0 Å². The molecule has 0 spiro atoms. The lowest BCUT2D eigenvalue weighted by atomic mass is 9.79. The number of hydrogen-bond donors (Lipinski definition) is 2. The van der Waals surface area contributed by atoms with Crippen LogP contribution < -0.4 is 5.48 Å². The van der Waals surface area contributed by atoms with Crippen LogP contribution in [0.2, 0.25) is 0 Å². The minimum absolute atomic E-state index is 0.0434. The van der Waals surface area contributed by atoms with Crippen molar-refractivity contribution in [3.05, 3.63) is 0 Å². The smallest absolute Gasteiger partial charge is 0.243 e. The fraction of sp³-hybridized carbons (Fsp3) is 0.950. The van der Waals surface area contributed by atoms with Gasteiger partial charge in [-0.2, -0.15) is 11.8 Å². The van der Waals surface area contributed by atoms with Gasteiger partial charge in [0.05, 0.1) is 18.3 Å². The molecule has 1 saturated carbocycles. The van der Waals surface area contributed by atoms with Gasteiger partial charge in [0.15, 0.2) is 0 Å². The van der Waals surface area contributed by atoms with Gasteiger partial charge in [0, 0.05) is 18.3 Å². The lowest BCUT2D eigenvalue weighted by molar-refractivity contribution is -0.129. The van der Waals surface area contributed by atoms with Crippen LogP contribution in [0.15, 0.2) is 0 Å². The molecule has 150 valence electrons. The SMILES string of the molecule is CC(CCC(=O)NO)OCCC1C2CCC(O2)C1CSC1CCCCC1. The molecule has 5 atom stereocenters. The first-order valence-electron chi connectivity index (χ1n) is 10.5. The molecule has 5 nitrogen and oxygen atoms in total. The highest BCUT2D eigenvalue weighted by Gasteiger charge is 2.48. The zero-order chi connectivity index (χ0) is 18.4. The number of amides is 1. The highest BCUT2D eigenvalue weighted by molar-refractivity contribution is 7.99. The molecule has 0 aromatic heterocycles. The predicted molar refractivity (Wildman–Crippen MR) is 103 cm³/mol. The number of thioether (sulfide) groups is 1. The van der Waals surface area contributed by atoms with E-state index in [-0.39, 0.29) is 12.0 Å². The van der Waals surface area contributed by atoms with Crippen LogP contribution in [-0.2, 0) is 14.3 Å². The summed E-state index contributed by atoms with van der Waals surface area (Å²) in [5, 5.41) is 9.42. The first-order chi connectivity index (χ1) is 12.7. The van der Waals surface area contributed by atoms with Crippen molar-refractivity contribution in [3.63, 3.8) is 0 Å². The van der Waals surface area contributed by atoms with E-state index in [1.54, 1.807) is 5.48 Å². The number of rotatable bonds is 10. The Morgan fingerprint density at radius 2 is 1.92 bits per heavy atom. The van der Waals surface area contributed by atoms with Crippen LogP contribution in [0.25, 0.3) is 0 Å². The Hall–Kier alpha value is -0.300. The molecule has 26 heavy (non-hydrogen) atoms. The lowest BCUT2D eigenvalue weighted by Gasteiger charge is -2.30. The molecule has 2 bridgehead atoms. The predicted octanol–water partition coefficient (Wildman–Crippen LogP) is 3.93. The highest BCUT2D eigenvalue weighted by Crippen LogP contribution is 2.47. The molecule has 2 N–H and O–H groups in total. The zero-order valence-corrected chi connectivity index (χ0v) is 16.8. The monoisotopic (exact) mass is 385 g/mol. The van der Waals surface area contributed by atoms with Crippen LogP contribution >= 0.6 is 11.8 Å². The molecule has 1 aliphatic carbocycles. The molecule has 2 saturated heterocycles. The van der Waals surface area contributed by atoms with Crippen LogP contribution in [0.1, 0.15) is 71.1 Å². The van der Waals surface area contributed by atoms with E-state index in [0.717, 1.165) is 18.3 Å². The van der Waals surface area contributed by atoms with Crippen molar-refractivity contribution < 1.29 is 19.5 Å².